The molecule has 5 heteroatoms. The van der Waals surface area contributed by atoms with Crippen LogP contribution in [0.4, 0.5) is 0 Å². The van der Waals surface area contributed by atoms with E-state index in [1.165, 1.54) is 11.1 Å². The standard InChI is InChI=1S/C15H20N2O3/c18-15(19)13-10-16-5-7-17(13)6-3-11-1-2-14-12(9-11)4-8-20-14/h1-2,9,13,16H,3-8,10H2,(H,18,19). The van der Waals surface area contributed by atoms with Gasteiger partial charge in [-0.1, -0.05) is 12.1 Å². The summed E-state index contributed by atoms with van der Waals surface area (Å²) in [6, 6.07) is 5.91. The van der Waals surface area contributed by atoms with E-state index in [1.807, 2.05) is 6.07 Å². The lowest BCUT2D eigenvalue weighted by Crippen LogP contribution is -2.55. The van der Waals surface area contributed by atoms with Gasteiger partial charge in [0.1, 0.15) is 11.8 Å². The van der Waals surface area contributed by atoms with Crippen molar-refractivity contribution in [2.75, 3.05) is 32.8 Å². The number of hydrogen-bond donors (Lipinski definition) is 2. The number of hydrogen-bond acceptors (Lipinski definition) is 4. The highest BCUT2D eigenvalue weighted by Gasteiger charge is 2.27. The van der Waals surface area contributed by atoms with E-state index in [4.69, 9.17) is 4.74 Å². The molecular formula is C15H20N2O3. The van der Waals surface area contributed by atoms with Crippen LogP contribution in [-0.2, 0) is 17.6 Å². The molecule has 1 fully saturated rings. The van der Waals surface area contributed by atoms with Gasteiger partial charge in [-0.25, -0.2) is 0 Å². The zero-order valence-corrected chi connectivity index (χ0v) is 11.5. The SMILES string of the molecule is O=C(O)C1CNCCN1CCc1ccc2c(c1)CCO2. The number of carbonyl (C=O) groups is 1. The summed E-state index contributed by atoms with van der Waals surface area (Å²) in [7, 11) is 0. The van der Waals surface area contributed by atoms with Crippen LogP contribution in [0.25, 0.3) is 0 Å². The highest BCUT2D eigenvalue weighted by atomic mass is 16.5. The van der Waals surface area contributed by atoms with Gasteiger partial charge in [0.05, 0.1) is 6.61 Å². The summed E-state index contributed by atoms with van der Waals surface area (Å²) in [4.78, 5) is 13.3. The fourth-order valence-corrected chi connectivity index (χ4v) is 2.93. The Morgan fingerprint density at radius 2 is 2.40 bits per heavy atom. The van der Waals surface area contributed by atoms with Crippen LogP contribution in [-0.4, -0.2) is 54.8 Å². The molecule has 2 aliphatic rings. The minimum atomic E-state index is -0.737. The van der Waals surface area contributed by atoms with E-state index in [0.29, 0.717) is 6.54 Å². The van der Waals surface area contributed by atoms with Crippen LogP contribution in [0, 0.1) is 0 Å². The largest absolute Gasteiger partial charge is 0.493 e. The second-order valence-corrected chi connectivity index (χ2v) is 5.38. The van der Waals surface area contributed by atoms with Gasteiger partial charge in [-0.2, -0.15) is 0 Å². The molecule has 1 unspecified atom stereocenters. The van der Waals surface area contributed by atoms with Gasteiger partial charge in [0, 0.05) is 32.6 Å². The van der Waals surface area contributed by atoms with Crippen molar-refractivity contribution in [3.05, 3.63) is 29.3 Å². The summed E-state index contributed by atoms with van der Waals surface area (Å²) in [5.74, 6) is 0.263. The van der Waals surface area contributed by atoms with Gasteiger partial charge < -0.3 is 15.2 Å². The van der Waals surface area contributed by atoms with Crippen LogP contribution in [0.5, 0.6) is 5.75 Å². The van der Waals surface area contributed by atoms with Crippen molar-refractivity contribution in [1.29, 1.82) is 0 Å². The quantitative estimate of drug-likeness (QED) is 0.839. The summed E-state index contributed by atoms with van der Waals surface area (Å²) >= 11 is 0. The van der Waals surface area contributed by atoms with Gasteiger partial charge in [0.2, 0.25) is 0 Å². The molecule has 2 N–H and O–H groups in total. The van der Waals surface area contributed by atoms with Crippen LogP contribution in [0.15, 0.2) is 18.2 Å². The number of aliphatic carboxylic acids is 1. The van der Waals surface area contributed by atoms with Crippen molar-refractivity contribution in [1.82, 2.24) is 10.2 Å². The summed E-state index contributed by atoms with van der Waals surface area (Å²) < 4.78 is 5.50. The van der Waals surface area contributed by atoms with E-state index >= 15 is 0 Å². The first kappa shape index (κ1) is 13.4. The van der Waals surface area contributed by atoms with Gasteiger partial charge in [-0.3, -0.25) is 9.69 Å². The van der Waals surface area contributed by atoms with Crippen molar-refractivity contribution >= 4 is 5.97 Å². The lowest BCUT2D eigenvalue weighted by atomic mass is 10.1. The summed E-state index contributed by atoms with van der Waals surface area (Å²) in [5.41, 5.74) is 2.54. The minimum Gasteiger partial charge on any atom is -0.493 e. The van der Waals surface area contributed by atoms with E-state index in [2.05, 4.69) is 22.3 Å². The number of piperazine rings is 1. The molecule has 5 nitrogen and oxygen atoms in total. The highest BCUT2D eigenvalue weighted by Crippen LogP contribution is 2.26. The molecule has 0 aromatic heterocycles. The first-order chi connectivity index (χ1) is 9.74. The predicted octanol–water partition coefficient (Wildman–Crippen LogP) is 0.522. The first-order valence-electron chi connectivity index (χ1n) is 7.16. The number of nitrogens with one attached hydrogen (secondary N) is 1. The molecule has 20 heavy (non-hydrogen) atoms. The molecule has 1 aromatic rings. The summed E-state index contributed by atoms with van der Waals surface area (Å²) in [6.45, 7) is 3.76. The fourth-order valence-electron chi connectivity index (χ4n) is 2.93. The second-order valence-electron chi connectivity index (χ2n) is 5.38. The molecule has 2 aliphatic heterocycles. The van der Waals surface area contributed by atoms with Gasteiger partial charge in [0.25, 0.3) is 0 Å². The molecule has 108 valence electrons. The van der Waals surface area contributed by atoms with Gasteiger partial charge in [0.15, 0.2) is 0 Å². The summed E-state index contributed by atoms with van der Waals surface area (Å²) in [6.07, 6.45) is 1.87. The molecule has 0 spiro atoms. The molecule has 2 heterocycles. The topological polar surface area (TPSA) is 61.8 Å². The third-order valence-corrected chi connectivity index (χ3v) is 4.08. The lowest BCUT2D eigenvalue weighted by molar-refractivity contribution is -0.143. The van der Waals surface area contributed by atoms with Crippen LogP contribution in [0.2, 0.25) is 0 Å². The third kappa shape index (κ3) is 2.78. The molecule has 1 saturated heterocycles. The number of ether oxygens (including phenoxy) is 1. The van der Waals surface area contributed by atoms with E-state index in [0.717, 1.165) is 44.8 Å². The zero-order chi connectivity index (χ0) is 13.9. The number of fused-ring (bicyclic) bond motifs is 1. The lowest BCUT2D eigenvalue weighted by Gasteiger charge is -2.33. The smallest absolute Gasteiger partial charge is 0.322 e. The Hall–Kier alpha value is -1.59. The van der Waals surface area contributed by atoms with Crippen LogP contribution in [0.3, 0.4) is 0 Å². The van der Waals surface area contributed by atoms with Crippen LogP contribution < -0.4 is 10.1 Å². The molecule has 3 rings (SSSR count). The summed E-state index contributed by atoms with van der Waals surface area (Å²) in [5, 5.41) is 12.4. The predicted molar refractivity (Wildman–Crippen MR) is 75.2 cm³/mol. The molecule has 0 bridgehead atoms. The Labute approximate surface area is 118 Å². The Morgan fingerprint density at radius 1 is 1.50 bits per heavy atom. The first-order valence-corrected chi connectivity index (χ1v) is 7.16. The molecule has 0 saturated carbocycles. The van der Waals surface area contributed by atoms with Gasteiger partial charge >= 0.3 is 5.97 Å². The molecule has 1 aromatic carbocycles. The van der Waals surface area contributed by atoms with E-state index < -0.39 is 12.0 Å². The fraction of sp³-hybridized carbons (Fsp3) is 0.533. The Balaban J connectivity index is 1.62. The third-order valence-electron chi connectivity index (χ3n) is 4.08. The number of carboxylic acid groups (broad SMARTS) is 1. The second kappa shape index (κ2) is 5.81. The number of nitrogens with zero attached hydrogens (tertiary/aromatic N) is 1. The maximum absolute atomic E-state index is 11.2. The van der Waals surface area contributed by atoms with Crippen LogP contribution in [0.1, 0.15) is 11.1 Å². The zero-order valence-electron chi connectivity index (χ0n) is 11.5. The van der Waals surface area contributed by atoms with Crippen molar-refractivity contribution in [3.8, 4) is 5.75 Å². The number of rotatable bonds is 4. The Kier molecular flexibility index (Phi) is 3.89. The molecule has 0 aliphatic carbocycles. The monoisotopic (exact) mass is 276 g/mol. The number of benzene rings is 1. The maximum atomic E-state index is 11.2. The van der Waals surface area contributed by atoms with Crippen molar-refractivity contribution < 1.29 is 14.6 Å². The molecule has 0 radical (unpaired) electrons. The van der Waals surface area contributed by atoms with Crippen LogP contribution >= 0.6 is 0 Å². The van der Waals surface area contributed by atoms with E-state index in [-0.39, 0.29) is 0 Å². The molecular weight excluding hydrogens is 256 g/mol. The maximum Gasteiger partial charge on any atom is 0.322 e. The Bertz CT molecular complexity index is 504. The van der Waals surface area contributed by atoms with Gasteiger partial charge in [-0.15, -0.1) is 0 Å². The van der Waals surface area contributed by atoms with E-state index in [1.54, 1.807) is 0 Å². The van der Waals surface area contributed by atoms with Crippen molar-refractivity contribution in [2.45, 2.75) is 18.9 Å². The van der Waals surface area contributed by atoms with Crippen molar-refractivity contribution in [3.63, 3.8) is 0 Å². The molecule has 1 atom stereocenters. The molecule has 0 amide bonds. The Morgan fingerprint density at radius 3 is 3.25 bits per heavy atom. The highest BCUT2D eigenvalue weighted by molar-refractivity contribution is 5.74. The average Bonchev–Trinajstić information content (AvgIpc) is 2.92. The van der Waals surface area contributed by atoms with Gasteiger partial charge in [-0.05, 0) is 23.6 Å². The van der Waals surface area contributed by atoms with E-state index in [9.17, 15) is 9.90 Å². The minimum absolute atomic E-state index is 0.401. The van der Waals surface area contributed by atoms with Crippen molar-refractivity contribution in [2.24, 2.45) is 0 Å². The normalized spacial score (nSPS) is 22.3. The average molecular weight is 276 g/mol. The number of carboxylic acids is 1.